The number of aromatic carboxylic acids is 1. The van der Waals surface area contributed by atoms with Gasteiger partial charge >= 0.3 is 5.97 Å². The number of halogens is 3. The number of fused-ring (bicyclic) bond motifs is 1. The van der Waals surface area contributed by atoms with Crippen molar-refractivity contribution in [1.29, 1.82) is 0 Å². The smallest absolute Gasteiger partial charge is 0.336 e. The first-order valence-corrected chi connectivity index (χ1v) is 8.57. The molecule has 2 heterocycles. The largest absolute Gasteiger partial charge is 0.478 e. The van der Waals surface area contributed by atoms with Gasteiger partial charge in [0.25, 0.3) is 0 Å². The van der Waals surface area contributed by atoms with Crippen molar-refractivity contribution in [3.05, 3.63) is 76.0 Å². The van der Waals surface area contributed by atoms with Crippen molar-refractivity contribution in [2.24, 2.45) is 0 Å². The normalized spacial score (nSPS) is 11.1. The lowest BCUT2D eigenvalue weighted by Crippen LogP contribution is -2.00. The van der Waals surface area contributed by atoms with E-state index in [1.165, 1.54) is 18.2 Å². The van der Waals surface area contributed by atoms with E-state index < -0.39 is 11.8 Å². The van der Waals surface area contributed by atoms with Gasteiger partial charge in [0, 0.05) is 16.0 Å². The van der Waals surface area contributed by atoms with Gasteiger partial charge in [-0.2, -0.15) is 0 Å². The predicted octanol–water partition coefficient (Wildman–Crippen LogP) is 6.31. The molecule has 0 saturated heterocycles. The monoisotopic (exact) mass is 401 g/mol. The second-order valence-corrected chi connectivity index (χ2v) is 6.66. The minimum atomic E-state index is -1.09. The van der Waals surface area contributed by atoms with Gasteiger partial charge < -0.3 is 9.52 Å². The summed E-state index contributed by atoms with van der Waals surface area (Å²) in [6.07, 6.45) is 0. The van der Waals surface area contributed by atoms with Gasteiger partial charge in [0.2, 0.25) is 0 Å². The SMILES string of the molecule is O=C(O)c1cc(-c2ccc(-c3ccc(F)c(Cl)c3)o2)nc2ccc(Cl)cc12. The van der Waals surface area contributed by atoms with Gasteiger partial charge in [-0.15, -0.1) is 0 Å². The fourth-order valence-corrected chi connectivity index (χ4v) is 3.13. The Hall–Kier alpha value is -2.89. The molecule has 4 nitrogen and oxygen atoms in total. The van der Waals surface area contributed by atoms with Crippen LogP contribution in [0.1, 0.15) is 10.4 Å². The third-order valence-electron chi connectivity index (χ3n) is 4.06. The number of nitrogens with zero attached hydrogens (tertiary/aromatic N) is 1. The summed E-state index contributed by atoms with van der Waals surface area (Å²) in [6.45, 7) is 0. The summed E-state index contributed by atoms with van der Waals surface area (Å²) < 4.78 is 19.1. The van der Waals surface area contributed by atoms with Crippen molar-refractivity contribution < 1.29 is 18.7 Å². The number of carbonyl (C=O) groups is 1. The van der Waals surface area contributed by atoms with Gasteiger partial charge in [-0.25, -0.2) is 14.2 Å². The average Bonchev–Trinajstić information content (AvgIpc) is 3.13. The quantitative estimate of drug-likeness (QED) is 0.437. The van der Waals surface area contributed by atoms with Crippen LogP contribution in [0, 0.1) is 5.82 Å². The number of carboxylic acids is 1. The summed E-state index contributed by atoms with van der Waals surface area (Å²) in [5, 5.41) is 10.4. The van der Waals surface area contributed by atoms with Gasteiger partial charge in [0.15, 0.2) is 5.76 Å². The van der Waals surface area contributed by atoms with Crippen LogP contribution < -0.4 is 0 Å². The highest BCUT2D eigenvalue weighted by Gasteiger charge is 2.16. The summed E-state index contributed by atoms with van der Waals surface area (Å²) in [5.74, 6) is -0.775. The first-order valence-electron chi connectivity index (χ1n) is 7.81. The molecule has 4 aromatic rings. The molecule has 0 atom stereocenters. The van der Waals surface area contributed by atoms with Gasteiger partial charge in [-0.3, -0.25) is 0 Å². The van der Waals surface area contributed by atoms with Crippen LogP contribution >= 0.6 is 23.2 Å². The molecule has 7 heteroatoms. The average molecular weight is 402 g/mol. The molecule has 1 N–H and O–H groups in total. The number of rotatable bonds is 3. The van der Waals surface area contributed by atoms with Crippen LogP contribution in [0.4, 0.5) is 4.39 Å². The molecule has 0 aliphatic carbocycles. The molecule has 2 aromatic heterocycles. The maximum atomic E-state index is 13.3. The van der Waals surface area contributed by atoms with E-state index in [-0.39, 0.29) is 10.6 Å². The van der Waals surface area contributed by atoms with Crippen molar-refractivity contribution in [3.63, 3.8) is 0 Å². The summed E-state index contributed by atoms with van der Waals surface area (Å²) in [6, 6.07) is 13.9. The Bertz CT molecular complexity index is 1200. The van der Waals surface area contributed by atoms with E-state index in [1.807, 2.05) is 0 Å². The third-order valence-corrected chi connectivity index (χ3v) is 4.59. The minimum absolute atomic E-state index is 0.0145. The molecule has 0 fully saturated rings. The molecular formula is C20H10Cl2FNO3. The molecule has 0 aliphatic heterocycles. The minimum Gasteiger partial charge on any atom is -0.478 e. The van der Waals surface area contributed by atoms with Crippen molar-refractivity contribution in [1.82, 2.24) is 4.98 Å². The zero-order valence-corrected chi connectivity index (χ0v) is 15.1. The van der Waals surface area contributed by atoms with Crippen LogP contribution in [0.5, 0.6) is 0 Å². The summed E-state index contributed by atoms with van der Waals surface area (Å²) in [5.41, 5.74) is 1.51. The molecule has 0 spiro atoms. The Balaban J connectivity index is 1.83. The van der Waals surface area contributed by atoms with E-state index in [2.05, 4.69) is 4.98 Å². The zero-order valence-electron chi connectivity index (χ0n) is 13.5. The second-order valence-electron chi connectivity index (χ2n) is 5.81. The maximum Gasteiger partial charge on any atom is 0.336 e. The van der Waals surface area contributed by atoms with Crippen LogP contribution in [0.3, 0.4) is 0 Å². The van der Waals surface area contributed by atoms with E-state index in [1.54, 1.807) is 36.4 Å². The van der Waals surface area contributed by atoms with Crippen molar-refractivity contribution >= 4 is 40.1 Å². The molecule has 134 valence electrons. The molecule has 0 unspecified atom stereocenters. The Morgan fingerprint density at radius 2 is 1.78 bits per heavy atom. The van der Waals surface area contributed by atoms with E-state index >= 15 is 0 Å². The molecule has 0 radical (unpaired) electrons. The molecule has 2 aromatic carbocycles. The molecule has 27 heavy (non-hydrogen) atoms. The van der Waals surface area contributed by atoms with Gasteiger partial charge in [-0.1, -0.05) is 23.2 Å². The van der Waals surface area contributed by atoms with E-state index in [4.69, 9.17) is 27.6 Å². The van der Waals surface area contributed by atoms with Gasteiger partial charge in [0.05, 0.1) is 16.1 Å². The number of aromatic nitrogens is 1. The molecule has 4 rings (SSSR count). The molecular weight excluding hydrogens is 392 g/mol. The Labute approximate surface area is 162 Å². The van der Waals surface area contributed by atoms with Crippen LogP contribution in [-0.4, -0.2) is 16.1 Å². The van der Waals surface area contributed by atoms with Crippen LogP contribution in [0.25, 0.3) is 33.7 Å². The third kappa shape index (κ3) is 3.27. The fraction of sp³-hybridized carbons (Fsp3) is 0. The summed E-state index contributed by atoms with van der Waals surface area (Å²) in [4.78, 5) is 16.1. The summed E-state index contributed by atoms with van der Waals surface area (Å²) in [7, 11) is 0. The van der Waals surface area contributed by atoms with Crippen LogP contribution in [0.2, 0.25) is 10.0 Å². The first kappa shape index (κ1) is 17.5. The lowest BCUT2D eigenvalue weighted by atomic mass is 10.1. The molecule has 0 amide bonds. The number of hydrogen-bond donors (Lipinski definition) is 1. The lowest BCUT2D eigenvalue weighted by Gasteiger charge is -2.06. The van der Waals surface area contributed by atoms with Crippen molar-refractivity contribution in [2.45, 2.75) is 0 Å². The van der Waals surface area contributed by atoms with E-state index in [0.29, 0.717) is 38.7 Å². The topological polar surface area (TPSA) is 63.3 Å². The highest BCUT2D eigenvalue weighted by atomic mass is 35.5. The molecule has 0 saturated carbocycles. The molecule has 0 bridgehead atoms. The maximum absolute atomic E-state index is 13.3. The number of benzene rings is 2. The van der Waals surface area contributed by atoms with Crippen molar-refractivity contribution in [3.8, 4) is 22.8 Å². The summed E-state index contributed by atoms with van der Waals surface area (Å²) >= 11 is 11.8. The Morgan fingerprint density at radius 3 is 2.52 bits per heavy atom. The first-order chi connectivity index (χ1) is 12.9. The molecule has 0 aliphatic rings. The predicted molar refractivity (Wildman–Crippen MR) is 102 cm³/mol. The number of furan rings is 1. The Morgan fingerprint density at radius 1 is 1.00 bits per heavy atom. The van der Waals surface area contributed by atoms with E-state index in [0.717, 1.165) is 0 Å². The lowest BCUT2D eigenvalue weighted by molar-refractivity contribution is 0.0699. The standard InChI is InChI=1S/C20H10Cl2FNO3/c21-11-2-4-16-12(8-11)13(20(25)26)9-17(24-16)19-6-5-18(27-19)10-1-3-15(23)14(22)7-10/h1-9H,(H,25,26). The van der Waals surface area contributed by atoms with Crippen LogP contribution in [0.15, 0.2) is 59.0 Å². The zero-order chi connectivity index (χ0) is 19.1. The second kappa shape index (κ2) is 6.68. The highest BCUT2D eigenvalue weighted by molar-refractivity contribution is 6.31. The number of pyridine rings is 1. The van der Waals surface area contributed by atoms with Gasteiger partial charge in [0.1, 0.15) is 17.3 Å². The Kier molecular flexibility index (Phi) is 4.34. The van der Waals surface area contributed by atoms with Crippen LogP contribution in [-0.2, 0) is 0 Å². The highest BCUT2D eigenvalue weighted by Crippen LogP contribution is 2.32. The number of hydrogen-bond acceptors (Lipinski definition) is 3. The van der Waals surface area contributed by atoms with Gasteiger partial charge in [-0.05, 0) is 54.6 Å². The van der Waals surface area contributed by atoms with Crippen molar-refractivity contribution in [2.75, 3.05) is 0 Å². The number of carboxylic acid groups (broad SMARTS) is 1. The van der Waals surface area contributed by atoms with E-state index in [9.17, 15) is 14.3 Å². The fourth-order valence-electron chi connectivity index (χ4n) is 2.78.